The van der Waals surface area contributed by atoms with Crippen molar-refractivity contribution in [1.82, 2.24) is 0 Å². The fourth-order valence-corrected chi connectivity index (χ4v) is 6.05. The standard InChI is InChI=1S/C37H77N.ClH/c1-3-5-7-9-11-13-15-17-19-21-23-25-27-29-31-33-35-37(38)36-34-32-30-28-26-24-22-20-18-16-14-12-10-8-6-4-2;/h37H,3-36,38H2,1-2H3;1H. The summed E-state index contributed by atoms with van der Waals surface area (Å²) in [5.74, 6) is 0. The maximum absolute atomic E-state index is 6.39. The van der Waals surface area contributed by atoms with E-state index in [4.69, 9.17) is 5.73 Å². The van der Waals surface area contributed by atoms with Crippen molar-refractivity contribution in [2.45, 2.75) is 238 Å². The monoisotopic (exact) mass is 572 g/mol. The van der Waals surface area contributed by atoms with Crippen LogP contribution in [0.15, 0.2) is 0 Å². The molecule has 0 heterocycles. The van der Waals surface area contributed by atoms with E-state index in [0.717, 1.165) is 0 Å². The molecule has 0 fully saturated rings. The number of unbranched alkanes of at least 4 members (excludes halogenated alkanes) is 30. The second-order valence-electron chi connectivity index (χ2n) is 12.9. The molecule has 39 heavy (non-hydrogen) atoms. The first-order valence-electron chi connectivity index (χ1n) is 18.6. The SMILES string of the molecule is CCCCCCCCCCCCCCCCCCC(N)CCCCCCCCCCCCCCCCCC.Cl. The van der Waals surface area contributed by atoms with Crippen LogP contribution >= 0.6 is 12.4 Å². The summed E-state index contributed by atoms with van der Waals surface area (Å²) in [6.07, 6.45) is 48.9. The molecule has 0 aliphatic rings. The predicted molar refractivity (Wildman–Crippen MR) is 184 cm³/mol. The topological polar surface area (TPSA) is 26.0 Å². The Morgan fingerprint density at radius 1 is 0.282 bits per heavy atom. The highest BCUT2D eigenvalue weighted by Gasteiger charge is 2.03. The summed E-state index contributed by atoms with van der Waals surface area (Å²) in [4.78, 5) is 0. The molecule has 0 aromatic rings. The van der Waals surface area contributed by atoms with Crippen molar-refractivity contribution in [3.8, 4) is 0 Å². The van der Waals surface area contributed by atoms with Gasteiger partial charge in [-0.3, -0.25) is 0 Å². The number of hydrogen-bond acceptors (Lipinski definition) is 1. The molecule has 0 aromatic heterocycles. The van der Waals surface area contributed by atoms with Crippen molar-refractivity contribution in [2.75, 3.05) is 0 Å². The maximum atomic E-state index is 6.39. The normalized spacial score (nSPS) is 11.4. The third-order valence-electron chi connectivity index (χ3n) is 8.86. The average Bonchev–Trinajstić information content (AvgIpc) is 2.92. The molecule has 0 aromatic carbocycles. The van der Waals surface area contributed by atoms with E-state index in [1.54, 1.807) is 0 Å². The Hall–Kier alpha value is 0.250. The first-order valence-corrected chi connectivity index (χ1v) is 18.6. The van der Waals surface area contributed by atoms with Crippen LogP contribution in [-0.2, 0) is 0 Å². The molecule has 2 heteroatoms. The molecule has 0 atom stereocenters. The largest absolute Gasteiger partial charge is 0.328 e. The van der Waals surface area contributed by atoms with Crippen molar-refractivity contribution in [3.63, 3.8) is 0 Å². The Morgan fingerprint density at radius 2 is 0.436 bits per heavy atom. The van der Waals surface area contributed by atoms with Gasteiger partial charge in [-0.15, -0.1) is 12.4 Å². The Morgan fingerprint density at radius 3 is 0.615 bits per heavy atom. The van der Waals surface area contributed by atoms with E-state index in [1.165, 1.54) is 218 Å². The van der Waals surface area contributed by atoms with E-state index in [1.807, 2.05) is 0 Å². The Kier molecular flexibility index (Phi) is 40.6. The molecule has 0 aliphatic carbocycles. The zero-order chi connectivity index (χ0) is 27.6. The second kappa shape index (κ2) is 38.2. The molecule has 0 bridgehead atoms. The quantitative estimate of drug-likeness (QED) is 0.0763. The maximum Gasteiger partial charge on any atom is 0.00388 e. The van der Waals surface area contributed by atoms with E-state index in [0.29, 0.717) is 6.04 Å². The molecule has 0 radical (unpaired) electrons. The van der Waals surface area contributed by atoms with Crippen LogP contribution in [0.2, 0.25) is 0 Å². The van der Waals surface area contributed by atoms with Gasteiger partial charge < -0.3 is 5.73 Å². The molecule has 0 rings (SSSR count). The van der Waals surface area contributed by atoms with Gasteiger partial charge in [0.25, 0.3) is 0 Å². The zero-order valence-electron chi connectivity index (χ0n) is 27.6. The fourth-order valence-electron chi connectivity index (χ4n) is 6.05. The second-order valence-corrected chi connectivity index (χ2v) is 12.9. The van der Waals surface area contributed by atoms with E-state index >= 15 is 0 Å². The van der Waals surface area contributed by atoms with E-state index in [-0.39, 0.29) is 12.4 Å². The Bertz CT molecular complexity index is 363. The lowest BCUT2D eigenvalue weighted by molar-refractivity contribution is 0.477. The summed E-state index contributed by atoms with van der Waals surface area (Å²) in [7, 11) is 0. The molecular formula is C37H78ClN. The third kappa shape index (κ3) is 38.2. The third-order valence-corrected chi connectivity index (χ3v) is 8.86. The van der Waals surface area contributed by atoms with E-state index in [9.17, 15) is 0 Å². The molecule has 0 saturated carbocycles. The Balaban J connectivity index is 0. The fraction of sp³-hybridized carbons (Fsp3) is 1.00. The van der Waals surface area contributed by atoms with Crippen molar-refractivity contribution in [1.29, 1.82) is 0 Å². The number of rotatable bonds is 34. The smallest absolute Gasteiger partial charge is 0.00388 e. The van der Waals surface area contributed by atoms with Crippen LogP contribution in [0.4, 0.5) is 0 Å². The zero-order valence-corrected chi connectivity index (χ0v) is 28.4. The molecule has 0 amide bonds. The van der Waals surface area contributed by atoms with E-state index in [2.05, 4.69) is 13.8 Å². The van der Waals surface area contributed by atoms with Crippen LogP contribution in [0, 0.1) is 0 Å². The van der Waals surface area contributed by atoms with Crippen molar-refractivity contribution in [3.05, 3.63) is 0 Å². The van der Waals surface area contributed by atoms with Crippen molar-refractivity contribution in [2.24, 2.45) is 5.73 Å². The molecule has 0 spiro atoms. The van der Waals surface area contributed by atoms with Gasteiger partial charge in [-0.1, -0.05) is 219 Å². The van der Waals surface area contributed by atoms with Gasteiger partial charge in [-0.25, -0.2) is 0 Å². The lowest BCUT2D eigenvalue weighted by atomic mass is 10.00. The highest BCUT2D eigenvalue weighted by Crippen LogP contribution is 2.17. The number of halogens is 1. The molecule has 0 saturated heterocycles. The first-order chi connectivity index (χ1) is 18.8. The van der Waals surface area contributed by atoms with Gasteiger partial charge in [-0.2, -0.15) is 0 Å². The predicted octanol–water partition coefficient (Wildman–Crippen LogP) is 14.0. The molecular weight excluding hydrogens is 494 g/mol. The summed E-state index contributed by atoms with van der Waals surface area (Å²) in [5.41, 5.74) is 6.39. The van der Waals surface area contributed by atoms with Crippen molar-refractivity contribution < 1.29 is 0 Å². The summed E-state index contributed by atoms with van der Waals surface area (Å²) < 4.78 is 0. The van der Waals surface area contributed by atoms with Gasteiger partial charge in [0, 0.05) is 6.04 Å². The van der Waals surface area contributed by atoms with Crippen LogP contribution in [0.5, 0.6) is 0 Å². The minimum Gasteiger partial charge on any atom is -0.328 e. The van der Waals surface area contributed by atoms with E-state index < -0.39 is 0 Å². The first kappa shape index (κ1) is 41.4. The molecule has 238 valence electrons. The van der Waals surface area contributed by atoms with Gasteiger partial charge in [-0.05, 0) is 12.8 Å². The molecule has 2 N–H and O–H groups in total. The average molecular weight is 572 g/mol. The van der Waals surface area contributed by atoms with Crippen LogP contribution in [-0.4, -0.2) is 6.04 Å². The van der Waals surface area contributed by atoms with Gasteiger partial charge in [0.1, 0.15) is 0 Å². The number of hydrogen-bond donors (Lipinski definition) is 1. The van der Waals surface area contributed by atoms with Crippen LogP contribution in [0.1, 0.15) is 232 Å². The van der Waals surface area contributed by atoms with Crippen LogP contribution in [0.25, 0.3) is 0 Å². The summed E-state index contributed by atoms with van der Waals surface area (Å²) in [5, 5.41) is 0. The Labute approximate surface area is 255 Å². The molecule has 0 unspecified atom stereocenters. The summed E-state index contributed by atoms with van der Waals surface area (Å²) >= 11 is 0. The lowest BCUT2D eigenvalue weighted by Gasteiger charge is -2.11. The summed E-state index contributed by atoms with van der Waals surface area (Å²) in [6.45, 7) is 4.61. The van der Waals surface area contributed by atoms with Crippen LogP contribution < -0.4 is 5.73 Å². The molecule has 0 aliphatic heterocycles. The van der Waals surface area contributed by atoms with Crippen molar-refractivity contribution >= 4 is 12.4 Å². The van der Waals surface area contributed by atoms with Gasteiger partial charge in [0.05, 0.1) is 0 Å². The minimum atomic E-state index is 0. The van der Waals surface area contributed by atoms with Gasteiger partial charge in [0.2, 0.25) is 0 Å². The van der Waals surface area contributed by atoms with Crippen LogP contribution in [0.3, 0.4) is 0 Å². The van der Waals surface area contributed by atoms with Gasteiger partial charge in [0.15, 0.2) is 0 Å². The summed E-state index contributed by atoms with van der Waals surface area (Å²) in [6, 6.07) is 0.466. The minimum absolute atomic E-state index is 0. The lowest BCUT2D eigenvalue weighted by Crippen LogP contribution is -2.19. The highest BCUT2D eigenvalue weighted by molar-refractivity contribution is 5.85. The highest BCUT2D eigenvalue weighted by atomic mass is 35.5. The van der Waals surface area contributed by atoms with Gasteiger partial charge >= 0.3 is 0 Å². The number of nitrogens with two attached hydrogens (primary N) is 1. The molecule has 1 nitrogen and oxygen atoms in total.